The summed E-state index contributed by atoms with van der Waals surface area (Å²) in [6, 6.07) is 4.44. The Balaban J connectivity index is 1.78. The van der Waals surface area contributed by atoms with Crippen LogP contribution in [0.1, 0.15) is 81.8 Å². The van der Waals surface area contributed by atoms with Crippen molar-refractivity contribution in [2.75, 3.05) is 37.0 Å². The van der Waals surface area contributed by atoms with Crippen LogP contribution in [0.5, 0.6) is 0 Å². The Hall–Kier alpha value is -3.54. The highest BCUT2D eigenvalue weighted by Gasteiger charge is 2.26. The molecule has 1 aliphatic heterocycles. The van der Waals surface area contributed by atoms with Crippen molar-refractivity contribution in [1.29, 1.82) is 5.26 Å². The fourth-order valence-electron chi connectivity index (χ4n) is 5.38. The predicted molar refractivity (Wildman–Crippen MR) is 150 cm³/mol. The third-order valence-corrected chi connectivity index (χ3v) is 7.40. The van der Waals surface area contributed by atoms with Crippen molar-refractivity contribution in [3.8, 4) is 17.2 Å². The van der Waals surface area contributed by atoms with Crippen molar-refractivity contribution in [3.05, 3.63) is 29.7 Å². The number of carbonyl (C=O) groups is 1. The van der Waals surface area contributed by atoms with Gasteiger partial charge >= 0.3 is 5.97 Å². The van der Waals surface area contributed by atoms with Crippen molar-refractivity contribution < 1.29 is 9.53 Å². The van der Waals surface area contributed by atoms with Gasteiger partial charge in [-0.3, -0.25) is 4.99 Å². The van der Waals surface area contributed by atoms with E-state index >= 15 is 0 Å². The molecule has 0 atom stereocenters. The van der Waals surface area contributed by atoms with Crippen LogP contribution in [0.4, 0.5) is 11.8 Å². The van der Waals surface area contributed by atoms with E-state index in [0.29, 0.717) is 17.8 Å². The van der Waals surface area contributed by atoms with E-state index < -0.39 is 5.97 Å². The van der Waals surface area contributed by atoms with Crippen LogP contribution in [0.2, 0.25) is 0 Å². The molecule has 1 aliphatic carbocycles. The Labute approximate surface area is 225 Å². The minimum atomic E-state index is -0.454. The SMILES string of the molecule is CCOC(=O)c1cc(-c2cnc(N3CCC(C#N)CC3)nc2)c(C(=NC)C(C)C)c(NC2CCCCC2)n1. The zero-order valence-corrected chi connectivity index (χ0v) is 23.0. The van der Waals surface area contributed by atoms with E-state index in [4.69, 9.17) is 19.7 Å². The zero-order chi connectivity index (χ0) is 27.1. The number of pyridine rings is 1. The maximum atomic E-state index is 12.9. The smallest absolute Gasteiger partial charge is 0.357 e. The molecule has 202 valence electrons. The fraction of sp³-hybridized carbons (Fsp3) is 0.586. The molecule has 9 heteroatoms. The topological polar surface area (TPSA) is 116 Å². The van der Waals surface area contributed by atoms with Crippen LogP contribution >= 0.6 is 0 Å². The van der Waals surface area contributed by atoms with Crippen molar-refractivity contribution in [2.24, 2.45) is 16.8 Å². The number of carbonyl (C=O) groups excluding carboxylic acids is 1. The number of esters is 1. The number of nitrogens with zero attached hydrogens (tertiary/aromatic N) is 6. The number of anilines is 2. The molecule has 2 aromatic heterocycles. The van der Waals surface area contributed by atoms with Crippen LogP contribution in [-0.2, 0) is 4.74 Å². The zero-order valence-electron chi connectivity index (χ0n) is 23.0. The number of hydrogen-bond donors (Lipinski definition) is 1. The molecular weight excluding hydrogens is 478 g/mol. The summed E-state index contributed by atoms with van der Waals surface area (Å²) in [4.78, 5) is 33.8. The number of hydrogen-bond acceptors (Lipinski definition) is 9. The Morgan fingerprint density at radius 3 is 2.45 bits per heavy atom. The fourth-order valence-corrected chi connectivity index (χ4v) is 5.38. The summed E-state index contributed by atoms with van der Waals surface area (Å²) in [6.07, 6.45) is 11.0. The molecule has 0 amide bonds. The van der Waals surface area contributed by atoms with E-state index in [1.807, 2.05) is 12.4 Å². The van der Waals surface area contributed by atoms with Gasteiger partial charge < -0.3 is 15.0 Å². The summed E-state index contributed by atoms with van der Waals surface area (Å²) in [6.45, 7) is 7.82. The van der Waals surface area contributed by atoms with E-state index in [1.165, 1.54) is 19.3 Å². The Morgan fingerprint density at radius 1 is 1.18 bits per heavy atom. The first-order valence-electron chi connectivity index (χ1n) is 13.9. The highest BCUT2D eigenvalue weighted by molar-refractivity contribution is 6.11. The molecule has 0 spiro atoms. The summed E-state index contributed by atoms with van der Waals surface area (Å²) < 4.78 is 5.33. The number of aliphatic imine (C=N–C) groups is 1. The minimum Gasteiger partial charge on any atom is -0.461 e. The molecular formula is C29H39N7O2. The van der Waals surface area contributed by atoms with Crippen molar-refractivity contribution in [3.63, 3.8) is 0 Å². The second-order valence-corrected chi connectivity index (χ2v) is 10.4. The Morgan fingerprint density at radius 2 is 1.87 bits per heavy atom. The number of piperidine rings is 1. The van der Waals surface area contributed by atoms with Crippen molar-refractivity contribution in [2.45, 2.75) is 71.8 Å². The molecule has 0 aromatic carbocycles. The minimum absolute atomic E-state index is 0.101. The van der Waals surface area contributed by atoms with Gasteiger partial charge in [0.2, 0.25) is 5.95 Å². The molecule has 0 unspecified atom stereocenters. The van der Waals surface area contributed by atoms with Crippen LogP contribution in [-0.4, -0.2) is 59.4 Å². The first-order valence-corrected chi connectivity index (χ1v) is 13.9. The molecule has 1 saturated heterocycles. The summed E-state index contributed by atoms with van der Waals surface area (Å²) in [5, 5.41) is 12.9. The third kappa shape index (κ3) is 6.29. The van der Waals surface area contributed by atoms with Crippen LogP contribution in [0.3, 0.4) is 0 Å². The molecule has 3 heterocycles. The molecule has 38 heavy (non-hydrogen) atoms. The molecule has 0 bridgehead atoms. The third-order valence-electron chi connectivity index (χ3n) is 7.40. The first-order chi connectivity index (χ1) is 18.4. The predicted octanol–water partition coefficient (Wildman–Crippen LogP) is 5.27. The van der Waals surface area contributed by atoms with Gasteiger partial charge in [0.25, 0.3) is 0 Å². The number of ether oxygens (including phenoxy) is 1. The van der Waals surface area contributed by atoms with E-state index in [9.17, 15) is 10.1 Å². The lowest BCUT2D eigenvalue weighted by atomic mass is 9.91. The quantitative estimate of drug-likeness (QED) is 0.372. The van der Waals surface area contributed by atoms with Gasteiger partial charge in [-0.1, -0.05) is 33.1 Å². The van der Waals surface area contributed by atoms with Gasteiger partial charge in [0.05, 0.1) is 12.7 Å². The maximum absolute atomic E-state index is 12.9. The second-order valence-electron chi connectivity index (χ2n) is 10.4. The van der Waals surface area contributed by atoms with E-state index in [0.717, 1.165) is 61.2 Å². The van der Waals surface area contributed by atoms with Crippen molar-refractivity contribution >= 4 is 23.4 Å². The van der Waals surface area contributed by atoms with Gasteiger partial charge in [-0.25, -0.2) is 19.7 Å². The molecule has 2 aromatic rings. The Kier molecular flexibility index (Phi) is 9.27. The normalized spacial score (nSPS) is 17.4. The van der Waals surface area contributed by atoms with E-state index in [2.05, 4.69) is 35.1 Å². The van der Waals surface area contributed by atoms with Crippen LogP contribution in [0.15, 0.2) is 23.5 Å². The molecule has 9 nitrogen and oxygen atoms in total. The van der Waals surface area contributed by atoms with E-state index in [1.54, 1.807) is 20.0 Å². The largest absolute Gasteiger partial charge is 0.461 e. The van der Waals surface area contributed by atoms with Crippen LogP contribution in [0, 0.1) is 23.2 Å². The van der Waals surface area contributed by atoms with Gasteiger partial charge in [-0.15, -0.1) is 0 Å². The lowest BCUT2D eigenvalue weighted by Gasteiger charge is -2.29. The Bertz CT molecular complexity index is 1170. The number of rotatable bonds is 8. The average Bonchev–Trinajstić information content (AvgIpc) is 2.94. The summed E-state index contributed by atoms with van der Waals surface area (Å²) in [7, 11) is 1.80. The lowest BCUT2D eigenvalue weighted by Crippen LogP contribution is -2.34. The maximum Gasteiger partial charge on any atom is 0.357 e. The lowest BCUT2D eigenvalue weighted by molar-refractivity contribution is 0.0519. The molecule has 2 fully saturated rings. The highest BCUT2D eigenvalue weighted by Crippen LogP contribution is 2.34. The number of aromatic nitrogens is 3. The van der Waals surface area contributed by atoms with Gasteiger partial charge in [-0.05, 0) is 50.2 Å². The monoisotopic (exact) mass is 517 g/mol. The van der Waals surface area contributed by atoms with Crippen molar-refractivity contribution in [1.82, 2.24) is 15.0 Å². The summed E-state index contributed by atoms with van der Waals surface area (Å²) >= 11 is 0. The molecule has 1 N–H and O–H groups in total. The molecule has 4 rings (SSSR count). The summed E-state index contributed by atoms with van der Waals surface area (Å²) in [5.74, 6) is 1.10. The van der Waals surface area contributed by atoms with Crippen LogP contribution < -0.4 is 10.2 Å². The van der Waals surface area contributed by atoms with Gasteiger partial charge in [0.1, 0.15) is 5.82 Å². The van der Waals surface area contributed by atoms with E-state index in [-0.39, 0.29) is 24.1 Å². The summed E-state index contributed by atoms with van der Waals surface area (Å²) in [5.41, 5.74) is 3.64. The second kappa shape index (κ2) is 12.8. The average molecular weight is 518 g/mol. The van der Waals surface area contributed by atoms with Crippen LogP contribution in [0.25, 0.3) is 11.1 Å². The van der Waals surface area contributed by atoms with Gasteiger partial charge in [0.15, 0.2) is 5.69 Å². The van der Waals surface area contributed by atoms with Gasteiger partial charge in [0, 0.05) is 61.3 Å². The number of nitrogens with one attached hydrogen (secondary N) is 1. The standard InChI is InChI=1S/C29H39N7O2/c1-5-38-28(37)24-15-23(21-17-32-29(33-18-21)36-13-11-20(16-30)12-14-36)25(26(31-4)19(2)3)27(35-24)34-22-9-7-6-8-10-22/h15,17-20,22H,5-14H2,1-4H3,(H,34,35). The first kappa shape index (κ1) is 27.5. The highest BCUT2D eigenvalue weighted by atomic mass is 16.5. The molecule has 1 saturated carbocycles. The van der Waals surface area contributed by atoms with Gasteiger partial charge in [-0.2, -0.15) is 5.26 Å². The molecule has 0 radical (unpaired) electrons. The number of nitriles is 1. The molecule has 2 aliphatic rings.